The number of nitrogens with zero attached hydrogens (tertiary/aromatic N) is 5. The fourth-order valence-electron chi connectivity index (χ4n) is 4.16. The van der Waals surface area contributed by atoms with Crippen molar-refractivity contribution in [3.05, 3.63) is 54.2 Å². The van der Waals surface area contributed by atoms with E-state index in [1.54, 1.807) is 24.9 Å². The standard InChI is InChI=1S/C26H39N5O2S/c1-20(34)10-13-29(4)16-24(32)17-30-14-11-22(12-15-30)21-6-5-7-23(9-8-21)25-27-19-31(28-25)18-26(2,3)33/h5-9,11,19-21,33-34H,10,12-18H2,1-4H3/t20-,21?/m1/s1. The average Bonchev–Trinajstić information content (AvgIpc) is 3.05. The third-order valence-corrected chi connectivity index (χ3v) is 6.21. The number of carbonyl (C=O) groups excluding carboxylic acids is 1. The summed E-state index contributed by atoms with van der Waals surface area (Å²) < 4.78 is 1.67. The van der Waals surface area contributed by atoms with Crippen LogP contribution in [0.1, 0.15) is 39.4 Å². The van der Waals surface area contributed by atoms with Crippen molar-refractivity contribution in [2.45, 2.75) is 51.0 Å². The van der Waals surface area contributed by atoms with Crippen LogP contribution in [0.4, 0.5) is 0 Å². The summed E-state index contributed by atoms with van der Waals surface area (Å²) in [6.45, 7) is 9.59. The maximum atomic E-state index is 12.5. The van der Waals surface area contributed by atoms with E-state index < -0.39 is 5.60 Å². The van der Waals surface area contributed by atoms with Gasteiger partial charge in [0, 0.05) is 29.8 Å². The van der Waals surface area contributed by atoms with Gasteiger partial charge in [0.15, 0.2) is 11.6 Å². The zero-order valence-corrected chi connectivity index (χ0v) is 21.8. The number of aliphatic hydroxyl groups is 1. The van der Waals surface area contributed by atoms with Crippen molar-refractivity contribution in [3.63, 3.8) is 0 Å². The number of allylic oxidation sites excluding steroid dienone is 6. The molecule has 0 saturated heterocycles. The molecular weight excluding hydrogens is 446 g/mol. The van der Waals surface area contributed by atoms with E-state index in [9.17, 15) is 9.90 Å². The number of thiol groups is 1. The maximum Gasteiger partial charge on any atom is 0.181 e. The predicted molar refractivity (Wildman–Crippen MR) is 141 cm³/mol. The zero-order chi connectivity index (χ0) is 24.7. The maximum absolute atomic E-state index is 12.5. The molecule has 0 radical (unpaired) electrons. The summed E-state index contributed by atoms with van der Waals surface area (Å²) in [5, 5.41) is 14.9. The summed E-state index contributed by atoms with van der Waals surface area (Å²) in [5.74, 6) is 1.16. The number of likely N-dealkylation sites (N-methyl/N-ethyl adjacent to an activating group) is 1. The number of ketones is 1. The quantitative estimate of drug-likeness (QED) is 0.371. The second-order valence-corrected chi connectivity index (χ2v) is 11.0. The molecule has 186 valence electrons. The van der Waals surface area contributed by atoms with Gasteiger partial charge < -0.3 is 5.11 Å². The smallest absolute Gasteiger partial charge is 0.181 e. The van der Waals surface area contributed by atoms with Gasteiger partial charge in [-0.1, -0.05) is 49.0 Å². The minimum atomic E-state index is -0.837. The van der Waals surface area contributed by atoms with E-state index in [0.717, 1.165) is 38.0 Å². The lowest BCUT2D eigenvalue weighted by Crippen LogP contribution is -2.38. The molecule has 2 atom stereocenters. The molecule has 0 aromatic carbocycles. The van der Waals surface area contributed by atoms with Gasteiger partial charge in [-0.3, -0.25) is 14.6 Å². The highest BCUT2D eigenvalue weighted by molar-refractivity contribution is 7.80. The fourth-order valence-corrected chi connectivity index (χ4v) is 4.28. The molecule has 34 heavy (non-hydrogen) atoms. The molecule has 0 fully saturated rings. The monoisotopic (exact) mass is 485 g/mol. The zero-order valence-electron chi connectivity index (χ0n) is 20.9. The van der Waals surface area contributed by atoms with E-state index in [1.807, 2.05) is 13.1 Å². The van der Waals surface area contributed by atoms with Crippen molar-refractivity contribution in [1.82, 2.24) is 24.6 Å². The van der Waals surface area contributed by atoms with E-state index in [-0.39, 0.29) is 11.7 Å². The van der Waals surface area contributed by atoms with E-state index in [2.05, 4.69) is 69.8 Å². The Bertz CT molecular complexity index is 955. The molecule has 1 aromatic heterocycles. The molecule has 8 heteroatoms. The minimum absolute atomic E-state index is 0.236. The largest absolute Gasteiger partial charge is 0.389 e. The first-order chi connectivity index (χ1) is 16.1. The van der Waals surface area contributed by atoms with E-state index in [4.69, 9.17) is 0 Å². The van der Waals surface area contributed by atoms with E-state index >= 15 is 0 Å². The van der Waals surface area contributed by atoms with Gasteiger partial charge in [0.2, 0.25) is 0 Å². The predicted octanol–water partition coefficient (Wildman–Crippen LogP) is 3.02. The molecule has 1 aliphatic heterocycles. The van der Waals surface area contributed by atoms with Gasteiger partial charge in [-0.05, 0) is 40.3 Å². The lowest BCUT2D eigenvalue weighted by molar-refractivity contribution is -0.121. The van der Waals surface area contributed by atoms with Crippen LogP contribution in [0.15, 0.2) is 48.4 Å². The van der Waals surface area contributed by atoms with Gasteiger partial charge in [0.1, 0.15) is 6.33 Å². The Morgan fingerprint density at radius 3 is 2.85 bits per heavy atom. The van der Waals surface area contributed by atoms with Gasteiger partial charge in [0.05, 0.1) is 25.2 Å². The topological polar surface area (TPSA) is 74.5 Å². The van der Waals surface area contributed by atoms with Crippen molar-refractivity contribution < 1.29 is 9.90 Å². The van der Waals surface area contributed by atoms with Crippen LogP contribution in [0.25, 0.3) is 5.57 Å². The lowest BCUT2D eigenvalue weighted by Gasteiger charge is -2.28. The van der Waals surface area contributed by atoms with Crippen molar-refractivity contribution in [2.24, 2.45) is 5.92 Å². The molecule has 1 N–H and O–H groups in total. The molecule has 7 nitrogen and oxygen atoms in total. The fraction of sp³-hybridized carbons (Fsp3) is 0.577. The Morgan fingerprint density at radius 2 is 2.18 bits per heavy atom. The van der Waals surface area contributed by atoms with Gasteiger partial charge >= 0.3 is 0 Å². The van der Waals surface area contributed by atoms with Crippen LogP contribution >= 0.6 is 12.6 Å². The highest BCUT2D eigenvalue weighted by Crippen LogP contribution is 2.26. The second-order valence-electron chi connectivity index (χ2n) is 10.1. The molecule has 2 heterocycles. The van der Waals surface area contributed by atoms with Crippen LogP contribution in [0.3, 0.4) is 0 Å². The summed E-state index contributed by atoms with van der Waals surface area (Å²) in [6, 6.07) is 0. The first kappa shape index (κ1) is 26.6. The van der Waals surface area contributed by atoms with Gasteiger partial charge in [0.25, 0.3) is 0 Å². The van der Waals surface area contributed by atoms with Crippen LogP contribution in [0.2, 0.25) is 0 Å². The summed E-state index contributed by atoms with van der Waals surface area (Å²) >= 11 is 4.41. The Hall–Kier alpha value is -2.00. The van der Waals surface area contributed by atoms with Crippen LogP contribution < -0.4 is 0 Å². The number of aromatic nitrogens is 3. The SMILES string of the molecule is C[C@@H](S)CCN(C)CC(=O)CN1CC=C(C2C=CC=C(c3ncn(CC(C)(C)O)n3)C=C2)CC1. The number of Topliss-reactive ketones (excluding diaryl/α,β-unsaturated/α-hetero) is 1. The highest BCUT2D eigenvalue weighted by atomic mass is 32.1. The Labute approximate surface area is 209 Å². The molecule has 1 unspecified atom stereocenters. The van der Waals surface area contributed by atoms with Crippen molar-refractivity contribution in [3.8, 4) is 0 Å². The molecule has 3 rings (SSSR count). The third kappa shape index (κ3) is 8.65. The van der Waals surface area contributed by atoms with Crippen molar-refractivity contribution in [2.75, 3.05) is 39.8 Å². The number of hydrogen-bond donors (Lipinski definition) is 2. The molecule has 0 saturated carbocycles. The summed E-state index contributed by atoms with van der Waals surface area (Å²) in [7, 11) is 2.00. The van der Waals surface area contributed by atoms with Crippen molar-refractivity contribution in [1.29, 1.82) is 0 Å². The van der Waals surface area contributed by atoms with E-state index in [1.165, 1.54) is 5.57 Å². The summed E-state index contributed by atoms with van der Waals surface area (Å²) in [5.41, 5.74) is 1.50. The van der Waals surface area contributed by atoms with Crippen LogP contribution in [-0.2, 0) is 11.3 Å². The molecule has 1 aliphatic carbocycles. The number of hydrogen-bond acceptors (Lipinski definition) is 7. The van der Waals surface area contributed by atoms with E-state index in [0.29, 0.717) is 30.7 Å². The first-order valence-electron chi connectivity index (χ1n) is 12.1. The summed E-state index contributed by atoms with van der Waals surface area (Å²) in [4.78, 5) is 21.2. The van der Waals surface area contributed by atoms with Gasteiger partial charge in [-0.15, -0.1) is 0 Å². The number of carbonyl (C=O) groups is 1. The Balaban J connectivity index is 1.50. The summed E-state index contributed by atoms with van der Waals surface area (Å²) in [6.07, 6.45) is 16.4. The highest BCUT2D eigenvalue weighted by Gasteiger charge is 2.20. The molecule has 2 aliphatic rings. The molecule has 0 spiro atoms. The normalized spacial score (nSPS) is 20.3. The third-order valence-electron chi connectivity index (χ3n) is 5.95. The Kier molecular flexibility index (Phi) is 9.47. The first-order valence-corrected chi connectivity index (χ1v) is 12.6. The molecule has 1 aromatic rings. The Morgan fingerprint density at radius 1 is 1.38 bits per heavy atom. The minimum Gasteiger partial charge on any atom is -0.389 e. The molecule has 0 amide bonds. The van der Waals surface area contributed by atoms with Crippen LogP contribution in [-0.4, -0.2) is 86.1 Å². The van der Waals surface area contributed by atoms with Gasteiger partial charge in [-0.25, -0.2) is 9.67 Å². The molecule has 0 bridgehead atoms. The lowest BCUT2D eigenvalue weighted by atomic mass is 9.92. The van der Waals surface area contributed by atoms with Crippen LogP contribution in [0.5, 0.6) is 0 Å². The van der Waals surface area contributed by atoms with Crippen LogP contribution in [0, 0.1) is 5.92 Å². The molecular formula is C26H39N5O2S. The van der Waals surface area contributed by atoms with Gasteiger partial charge in [-0.2, -0.15) is 17.7 Å². The number of rotatable bonds is 11. The second kappa shape index (κ2) is 12.1. The average molecular weight is 486 g/mol. The van der Waals surface area contributed by atoms with Crippen molar-refractivity contribution >= 4 is 24.0 Å².